The summed E-state index contributed by atoms with van der Waals surface area (Å²) < 4.78 is 40.8. The SMILES string of the molecule is O=S([O-])CCCCSSCCCCS(=O)[O-].[Na+].[Na+]. The van der Waals surface area contributed by atoms with Gasteiger partial charge < -0.3 is 9.11 Å². The number of rotatable bonds is 11. The molecule has 2 atom stereocenters. The number of unbranched alkanes of at least 4 members (excludes halogenated alkanes) is 2. The molecule has 4 nitrogen and oxygen atoms in total. The fourth-order valence-corrected chi connectivity index (χ4v) is 4.05. The average molecular weight is 350 g/mol. The molecule has 0 spiro atoms. The zero-order valence-electron chi connectivity index (χ0n) is 10.9. The Morgan fingerprint density at radius 2 is 1.06 bits per heavy atom. The minimum atomic E-state index is -1.91. The van der Waals surface area contributed by atoms with E-state index in [1.54, 1.807) is 21.6 Å². The summed E-state index contributed by atoms with van der Waals surface area (Å²) in [6.45, 7) is 0. The third-order valence-electron chi connectivity index (χ3n) is 1.66. The van der Waals surface area contributed by atoms with Crippen LogP contribution in [0.2, 0.25) is 0 Å². The molecule has 0 saturated heterocycles. The molecule has 0 fully saturated rings. The third kappa shape index (κ3) is 24.0. The van der Waals surface area contributed by atoms with Crippen molar-refractivity contribution in [3.63, 3.8) is 0 Å². The van der Waals surface area contributed by atoms with E-state index in [9.17, 15) is 17.5 Å². The molecular weight excluding hydrogens is 334 g/mol. The second kappa shape index (κ2) is 19.9. The van der Waals surface area contributed by atoms with E-state index in [2.05, 4.69) is 0 Å². The molecule has 10 heteroatoms. The fourth-order valence-electron chi connectivity index (χ4n) is 0.880. The summed E-state index contributed by atoms with van der Waals surface area (Å²) in [7, 11) is 3.45. The van der Waals surface area contributed by atoms with Crippen molar-refractivity contribution in [2.45, 2.75) is 25.7 Å². The van der Waals surface area contributed by atoms with E-state index in [4.69, 9.17) is 0 Å². The van der Waals surface area contributed by atoms with Crippen LogP contribution in [0.3, 0.4) is 0 Å². The van der Waals surface area contributed by atoms with Crippen molar-refractivity contribution in [3.05, 3.63) is 0 Å². The summed E-state index contributed by atoms with van der Waals surface area (Å²) in [6.07, 6.45) is 3.27. The van der Waals surface area contributed by atoms with Crippen molar-refractivity contribution in [3.8, 4) is 0 Å². The molecule has 0 bridgehead atoms. The van der Waals surface area contributed by atoms with Gasteiger partial charge >= 0.3 is 59.1 Å². The van der Waals surface area contributed by atoms with E-state index in [1.807, 2.05) is 0 Å². The van der Waals surface area contributed by atoms with Crippen LogP contribution in [0.25, 0.3) is 0 Å². The molecule has 0 aliphatic rings. The van der Waals surface area contributed by atoms with E-state index >= 15 is 0 Å². The van der Waals surface area contributed by atoms with Crippen LogP contribution in [0.1, 0.15) is 25.7 Å². The summed E-state index contributed by atoms with van der Waals surface area (Å²) in [4.78, 5) is 0. The Morgan fingerprint density at radius 3 is 1.33 bits per heavy atom. The molecule has 98 valence electrons. The van der Waals surface area contributed by atoms with Gasteiger partial charge in [0.15, 0.2) is 0 Å². The van der Waals surface area contributed by atoms with Crippen LogP contribution >= 0.6 is 21.6 Å². The molecular formula is C8H16Na2O4S4. The quantitative estimate of drug-likeness (QED) is 0.162. The van der Waals surface area contributed by atoms with Crippen LogP contribution < -0.4 is 59.1 Å². The minimum absolute atomic E-state index is 0. The second-order valence-corrected chi connectivity index (χ2v) is 7.81. The van der Waals surface area contributed by atoms with Crippen LogP contribution in [-0.4, -0.2) is 40.5 Å². The normalized spacial score (nSPS) is 13.2. The van der Waals surface area contributed by atoms with Crippen molar-refractivity contribution in [2.75, 3.05) is 23.0 Å². The Bertz CT molecular complexity index is 199. The average Bonchev–Trinajstić information content (AvgIpc) is 2.20. The molecule has 0 amide bonds. The summed E-state index contributed by atoms with van der Waals surface area (Å²) in [5.74, 6) is 2.41. The monoisotopic (exact) mass is 350 g/mol. The summed E-state index contributed by atoms with van der Waals surface area (Å²) in [5.41, 5.74) is 0. The van der Waals surface area contributed by atoms with Gasteiger partial charge in [-0.15, -0.1) is 0 Å². The predicted molar refractivity (Wildman–Crippen MR) is 71.0 cm³/mol. The molecule has 0 aromatic rings. The van der Waals surface area contributed by atoms with Crippen LogP contribution in [-0.2, 0) is 22.2 Å². The molecule has 0 aromatic heterocycles. The molecule has 0 aromatic carbocycles. The fraction of sp³-hybridized carbons (Fsp3) is 1.00. The van der Waals surface area contributed by atoms with Crippen molar-refractivity contribution in [2.24, 2.45) is 0 Å². The molecule has 0 N–H and O–H groups in total. The number of hydrogen-bond donors (Lipinski definition) is 0. The van der Waals surface area contributed by atoms with Crippen LogP contribution in [0, 0.1) is 0 Å². The van der Waals surface area contributed by atoms with Gasteiger partial charge in [0, 0.05) is 23.0 Å². The van der Waals surface area contributed by atoms with Crippen LogP contribution in [0.5, 0.6) is 0 Å². The van der Waals surface area contributed by atoms with E-state index in [-0.39, 0.29) is 70.6 Å². The van der Waals surface area contributed by atoms with Gasteiger partial charge in [0.25, 0.3) is 0 Å². The molecule has 0 aliphatic carbocycles. The van der Waals surface area contributed by atoms with Gasteiger partial charge in [-0.1, -0.05) is 43.7 Å². The maximum atomic E-state index is 10.2. The van der Waals surface area contributed by atoms with E-state index in [0.717, 1.165) is 37.2 Å². The molecule has 0 aliphatic heterocycles. The summed E-state index contributed by atoms with van der Waals surface area (Å²) >= 11 is -3.81. The Kier molecular flexibility index (Phi) is 28.6. The van der Waals surface area contributed by atoms with Gasteiger partial charge in [0.2, 0.25) is 0 Å². The van der Waals surface area contributed by atoms with Gasteiger partial charge in [-0.3, -0.25) is 8.42 Å². The van der Waals surface area contributed by atoms with Gasteiger partial charge in [-0.25, -0.2) is 0 Å². The van der Waals surface area contributed by atoms with Gasteiger partial charge in [-0.05, 0) is 25.7 Å². The van der Waals surface area contributed by atoms with Gasteiger partial charge in [0.05, 0.1) is 0 Å². The molecule has 0 rings (SSSR count). The molecule has 2 unspecified atom stereocenters. The number of hydrogen-bond acceptors (Lipinski definition) is 6. The third-order valence-corrected chi connectivity index (χ3v) is 5.48. The molecule has 0 saturated carbocycles. The zero-order chi connectivity index (χ0) is 12.2. The molecule has 0 radical (unpaired) electrons. The van der Waals surface area contributed by atoms with E-state index in [1.165, 1.54) is 0 Å². The Labute approximate surface area is 167 Å². The van der Waals surface area contributed by atoms with E-state index in [0.29, 0.717) is 0 Å². The van der Waals surface area contributed by atoms with Crippen molar-refractivity contribution in [1.29, 1.82) is 0 Å². The van der Waals surface area contributed by atoms with E-state index < -0.39 is 22.2 Å². The standard InChI is InChI=1S/C8H18O4S4.2Na/c9-15(10)7-3-1-5-13-14-6-2-4-8-16(11)12;;/h1-8H2,(H,9,10)(H,11,12);;/q;2*+1/p-2. The van der Waals surface area contributed by atoms with Crippen LogP contribution in [0.4, 0.5) is 0 Å². The zero-order valence-corrected chi connectivity index (χ0v) is 18.2. The second-order valence-electron chi connectivity index (χ2n) is 3.07. The maximum absolute atomic E-state index is 10.2. The topological polar surface area (TPSA) is 80.3 Å². The van der Waals surface area contributed by atoms with Gasteiger partial charge in [-0.2, -0.15) is 0 Å². The largest absolute Gasteiger partial charge is 1.00 e. The van der Waals surface area contributed by atoms with Crippen molar-refractivity contribution >= 4 is 43.7 Å². The molecule has 0 heterocycles. The van der Waals surface area contributed by atoms with Crippen LogP contribution in [0.15, 0.2) is 0 Å². The first-order valence-electron chi connectivity index (χ1n) is 4.99. The Hall–Kier alpha value is 2.92. The Morgan fingerprint density at radius 1 is 0.722 bits per heavy atom. The summed E-state index contributed by atoms with van der Waals surface area (Å²) in [6, 6.07) is 0. The first-order chi connectivity index (χ1) is 7.63. The van der Waals surface area contributed by atoms with Crippen molar-refractivity contribution in [1.82, 2.24) is 0 Å². The Balaban J connectivity index is -0.00000112. The predicted octanol–water partition coefficient (Wildman–Crippen LogP) is -4.31. The smallest absolute Gasteiger partial charge is 0.772 e. The maximum Gasteiger partial charge on any atom is 1.00 e. The minimum Gasteiger partial charge on any atom is -0.772 e. The van der Waals surface area contributed by atoms with Gasteiger partial charge in [0.1, 0.15) is 0 Å². The van der Waals surface area contributed by atoms with Crippen molar-refractivity contribution < 1.29 is 76.6 Å². The summed E-state index contributed by atoms with van der Waals surface area (Å²) in [5, 5.41) is 0. The first kappa shape index (κ1) is 25.9. The molecule has 18 heavy (non-hydrogen) atoms. The first-order valence-corrected chi connectivity index (χ1v) is 9.96.